The zero-order chi connectivity index (χ0) is 20.1. The Balaban J connectivity index is 1.82. The molecule has 4 rings (SSSR count). The number of amides is 1. The number of methoxy groups -OCH3 is 1. The number of esters is 1. The molecule has 10 heteroatoms. The molecule has 2 heterocycles. The molecule has 2 N–H and O–H groups in total. The number of carbonyl (C=O) groups excluding carboxylic acids is 2. The van der Waals surface area contributed by atoms with Crippen LogP contribution in [0, 0.1) is 0 Å². The van der Waals surface area contributed by atoms with Crippen molar-refractivity contribution in [3.8, 4) is 16.3 Å². The first-order chi connectivity index (χ1) is 13.3. The van der Waals surface area contributed by atoms with Crippen LogP contribution in [0.2, 0.25) is 10.3 Å². The quantitative estimate of drug-likeness (QED) is 0.372. The van der Waals surface area contributed by atoms with Crippen molar-refractivity contribution < 1.29 is 19.1 Å². The molecule has 0 spiro atoms. The van der Waals surface area contributed by atoms with Crippen molar-refractivity contribution in [2.45, 2.75) is 5.60 Å². The second-order valence-corrected chi connectivity index (χ2v) is 7.68. The molecule has 1 amide bonds. The summed E-state index contributed by atoms with van der Waals surface area (Å²) in [5.74, 6) is -0.875. The van der Waals surface area contributed by atoms with E-state index in [1.54, 1.807) is 18.2 Å². The van der Waals surface area contributed by atoms with E-state index in [-0.39, 0.29) is 10.8 Å². The van der Waals surface area contributed by atoms with Gasteiger partial charge in [-0.25, -0.2) is 14.8 Å². The number of rotatable bonds is 5. The molecule has 28 heavy (non-hydrogen) atoms. The van der Waals surface area contributed by atoms with E-state index in [1.165, 1.54) is 36.8 Å². The van der Waals surface area contributed by atoms with Crippen LogP contribution in [-0.4, -0.2) is 34.6 Å². The maximum Gasteiger partial charge on any atom is 0.340 e. The summed E-state index contributed by atoms with van der Waals surface area (Å²) in [6.45, 7) is 0. The van der Waals surface area contributed by atoms with Crippen LogP contribution >= 0.6 is 34.5 Å². The number of hydrogen-bond donors (Lipinski definition) is 1. The van der Waals surface area contributed by atoms with Crippen LogP contribution in [0.25, 0.3) is 20.7 Å². The molecule has 0 saturated heterocycles. The monoisotopic (exact) mass is 435 g/mol. The number of aromatic nitrogens is 2. The van der Waals surface area contributed by atoms with E-state index in [9.17, 15) is 9.59 Å². The van der Waals surface area contributed by atoms with E-state index in [2.05, 4.69) is 9.97 Å². The van der Waals surface area contributed by atoms with Gasteiger partial charge in [-0.2, -0.15) is 0 Å². The summed E-state index contributed by atoms with van der Waals surface area (Å²) in [4.78, 5) is 32.9. The van der Waals surface area contributed by atoms with E-state index < -0.39 is 17.5 Å². The van der Waals surface area contributed by atoms with Crippen molar-refractivity contribution in [3.05, 3.63) is 52.4 Å². The number of carbonyl (C=O) groups is 2. The number of ether oxygens (including phenoxy) is 2. The fourth-order valence-electron chi connectivity index (χ4n) is 2.64. The largest absolute Gasteiger partial charge is 0.495 e. The van der Waals surface area contributed by atoms with E-state index in [0.717, 1.165) is 0 Å². The fourth-order valence-corrected chi connectivity index (χ4v) is 4.20. The Morgan fingerprint density at radius 2 is 2.00 bits per heavy atom. The number of primary amides is 1. The van der Waals surface area contributed by atoms with Crippen LogP contribution in [0.3, 0.4) is 0 Å². The number of fused-ring (bicyclic) bond motifs is 1. The number of halogens is 2. The lowest BCUT2D eigenvalue weighted by molar-refractivity contribution is -0.127. The minimum atomic E-state index is -1.45. The first-order valence-corrected chi connectivity index (χ1v) is 9.44. The molecule has 0 unspecified atom stereocenters. The van der Waals surface area contributed by atoms with Gasteiger partial charge in [0.25, 0.3) is 5.91 Å². The van der Waals surface area contributed by atoms with Gasteiger partial charge in [0.05, 0.1) is 33.5 Å². The van der Waals surface area contributed by atoms with Crippen molar-refractivity contribution in [2.75, 3.05) is 7.11 Å². The second kappa shape index (κ2) is 6.73. The Bertz CT molecular complexity index is 1170. The lowest BCUT2D eigenvalue weighted by Crippen LogP contribution is -2.36. The van der Waals surface area contributed by atoms with Crippen LogP contribution in [0.4, 0.5) is 0 Å². The third-order valence-corrected chi connectivity index (χ3v) is 5.77. The molecule has 3 aromatic rings. The van der Waals surface area contributed by atoms with Crippen molar-refractivity contribution >= 4 is 56.5 Å². The molecule has 1 aromatic carbocycles. The minimum absolute atomic E-state index is 0.0478. The van der Waals surface area contributed by atoms with Gasteiger partial charge >= 0.3 is 5.97 Å². The van der Waals surface area contributed by atoms with Crippen molar-refractivity contribution in [2.24, 2.45) is 5.73 Å². The smallest absolute Gasteiger partial charge is 0.340 e. The molecular formula is C18H11Cl2N3O4S. The van der Waals surface area contributed by atoms with Gasteiger partial charge in [0.15, 0.2) is 0 Å². The first kappa shape index (κ1) is 18.7. The molecule has 0 atom stereocenters. The number of nitrogens with zero attached hydrogens (tertiary/aromatic N) is 2. The van der Waals surface area contributed by atoms with Crippen LogP contribution in [0.1, 0.15) is 10.4 Å². The van der Waals surface area contributed by atoms with Crippen LogP contribution < -0.4 is 10.5 Å². The van der Waals surface area contributed by atoms with Gasteiger partial charge in [0.2, 0.25) is 10.9 Å². The molecular weight excluding hydrogens is 425 g/mol. The summed E-state index contributed by atoms with van der Waals surface area (Å²) in [5.41, 5.74) is 4.52. The summed E-state index contributed by atoms with van der Waals surface area (Å²) < 4.78 is 11.4. The minimum Gasteiger partial charge on any atom is -0.495 e. The highest BCUT2D eigenvalue weighted by atomic mass is 35.5. The Labute approximate surface area is 172 Å². The highest BCUT2D eigenvalue weighted by molar-refractivity contribution is 7.22. The normalized spacial score (nSPS) is 14.1. The number of benzene rings is 1. The van der Waals surface area contributed by atoms with Gasteiger partial charge in [-0.3, -0.25) is 4.79 Å². The molecule has 0 saturated carbocycles. The number of hydrogen-bond acceptors (Lipinski definition) is 7. The first-order valence-electron chi connectivity index (χ1n) is 7.87. The van der Waals surface area contributed by atoms with E-state index in [1.807, 2.05) is 0 Å². The average molecular weight is 436 g/mol. The molecule has 7 nitrogen and oxygen atoms in total. The Morgan fingerprint density at radius 3 is 2.64 bits per heavy atom. The Morgan fingerprint density at radius 1 is 1.25 bits per heavy atom. The SMILES string of the molecule is COc1ccc(C(=O)OC2(C(N)=O)C=C2)c2cc(-c3nc(Cl)ncc3Cl)sc12. The van der Waals surface area contributed by atoms with E-state index in [4.69, 9.17) is 38.4 Å². The molecule has 0 radical (unpaired) electrons. The molecule has 0 fully saturated rings. The summed E-state index contributed by atoms with van der Waals surface area (Å²) in [7, 11) is 1.52. The number of nitrogens with two attached hydrogens (primary N) is 1. The summed E-state index contributed by atoms with van der Waals surface area (Å²) in [5, 5.41) is 0.927. The molecule has 1 aliphatic rings. The lowest BCUT2D eigenvalue weighted by Gasteiger charge is -2.14. The maximum atomic E-state index is 12.7. The van der Waals surface area contributed by atoms with Gasteiger partial charge in [0.1, 0.15) is 11.4 Å². The molecule has 2 aromatic heterocycles. The maximum absolute atomic E-state index is 12.7. The van der Waals surface area contributed by atoms with Crippen molar-refractivity contribution in [1.29, 1.82) is 0 Å². The Hall–Kier alpha value is -2.68. The van der Waals surface area contributed by atoms with Gasteiger partial charge in [-0.15, -0.1) is 11.3 Å². The van der Waals surface area contributed by atoms with Crippen molar-refractivity contribution in [3.63, 3.8) is 0 Å². The average Bonchev–Trinajstić information content (AvgIpc) is 3.31. The highest BCUT2D eigenvalue weighted by Gasteiger charge is 2.45. The van der Waals surface area contributed by atoms with E-state index in [0.29, 0.717) is 31.4 Å². The predicted molar refractivity (Wildman–Crippen MR) is 106 cm³/mol. The molecule has 0 aliphatic heterocycles. The fraction of sp³-hybridized carbons (Fsp3) is 0.111. The summed E-state index contributed by atoms with van der Waals surface area (Å²) in [6, 6.07) is 4.94. The van der Waals surface area contributed by atoms with Crippen LogP contribution in [0.5, 0.6) is 5.75 Å². The molecule has 1 aliphatic carbocycles. The van der Waals surface area contributed by atoms with Gasteiger partial charge < -0.3 is 15.2 Å². The molecule has 0 bridgehead atoms. The van der Waals surface area contributed by atoms with Gasteiger partial charge in [0, 0.05) is 5.39 Å². The lowest BCUT2D eigenvalue weighted by atomic mass is 10.1. The highest BCUT2D eigenvalue weighted by Crippen LogP contribution is 2.42. The zero-order valence-electron chi connectivity index (χ0n) is 14.2. The topological polar surface area (TPSA) is 104 Å². The molecule has 142 valence electrons. The third kappa shape index (κ3) is 3.09. The standard InChI is InChI=1S/C18H11Cl2N3O4S/c1-26-11-3-2-8(15(24)27-18(4-5-18)16(21)25)9-6-12(28-14(9)11)13-10(19)7-22-17(20)23-13/h2-7H,1H3,(H2,21,25). The third-order valence-electron chi connectivity index (χ3n) is 4.15. The zero-order valence-corrected chi connectivity index (χ0v) is 16.6. The summed E-state index contributed by atoms with van der Waals surface area (Å²) >= 11 is 13.4. The predicted octanol–water partition coefficient (Wildman–Crippen LogP) is 3.62. The van der Waals surface area contributed by atoms with Crippen LogP contribution in [-0.2, 0) is 9.53 Å². The van der Waals surface area contributed by atoms with Gasteiger partial charge in [-0.1, -0.05) is 11.6 Å². The second-order valence-electron chi connectivity index (χ2n) is 5.88. The van der Waals surface area contributed by atoms with Crippen molar-refractivity contribution in [1.82, 2.24) is 9.97 Å². The Kier molecular flexibility index (Phi) is 4.49. The van der Waals surface area contributed by atoms with Gasteiger partial charge in [-0.05, 0) is 42.0 Å². The van der Waals surface area contributed by atoms with Crippen LogP contribution in [0.15, 0.2) is 36.5 Å². The number of thiophene rings is 1. The van der Waals surface area contributed by atoms with E-state index >= 15 is 0 Å². The summed E-state index contributed by atoms with van der Waals surface area (Å²) in [6.07, 6.45) is 4.25.